The van der Waals surface area contributed by atoms with Gasteiger partial charge in [-0.15, -0.1) is 0 Å². The van der Waals surface area contributed by atoms with Crippen molar-refractivity contribution < 1.29 is 9.15 Å². The van der Waals surface area contributed by atoms with Gasteiger partial charge in [-0.3, -0.25) is 4.68 Å². The molecule has 2 rings (SSSR count). The van der Waals surface area contributed by atoms with E-state index in [9.17, 15) is 0 Å². The van der Waals surface area contributed by atoms with Crippen LogP contribution in [0.5, 0.6) is 5.75 Å². The van der Waals surface area contributed by atoms with E-state index in [0.29, 0.717) is 0 Å². The fraction of sp³-hybridized carbons (Fsp3) is 0.462. The van der Waals surface area contributed by atoms with Crippen LogP contribution in [0.2, 0.25) is 0 Å². The van der Waals surface area contributed by atoms with Crippen LogP contribution in [-0.2, 0) is 13.5 Å². The van der Waals surface area contributed by atoms with Gasteiger partial charge in [0.1, 0.15) is 11.5 Å². The van der Waals surface area contributed by atoms with Crippen LogP contribution >= 0.6 is 0 Å². The van der Waals surface area contributed by atoms with Crippen molar-refractivity contribution in [2.75, 3.05) is 14.2 Å². The third kappa shape index (κ3) is 2.01. The van der Waals surface area contributed by atoms with Crippen LogP contribution in [0.25, 0.3) is 0 Å². The van der Waals surface area contributed by atoms with Crippen LogP contribution in [0.1, 0.15) is 30.0 Å². The number of furan rings is 1. The summed E-state index contributed by atoms with van der Waals surface area (Å²) in [5, 5.41) is 7.54. The zero-order valence-electron chi connectivity index (χ0n) is 11.2. The molecule has 0 fully saturated rings. The van der Waals surface area contributed by atoms with E-state index < -0.39 is 0 Å². The molecule has 5 heteroatoms. The van der Waals surface area contributed by atoms with E-state index in [1.54, 1.807) is 19.6 Å². The largest absolute Gasteiger partial charge is 0.493 e. The Labute approximate surface area is 107 Å². The third-order valence-corrected chi connectivity index (χ3v) is 3.14. The number of methoxy groups -OCH3 is 1. The summed E-state index contributed by atoms with van der Waals surface area (Å²) in [5.74, 6) is 1.76. The van der Waals surface area contributed by atoms with Gasteiger partial charge in [-0.1, -0.05) is 6.92 Å². The van der Waals surface area contributed by atoms with E-state index in [0.717, 1.165) is 29.2 Å². The highest BCUT2D eigenvalue weighted by molar-refractivity contribution is 5.37. The molecule has 0 aliphatic rings. The van der Waals surface area contributed by atoms with Crippen molar-refractivity contribution in [1.82, 2.24) is 15.1 Å². The average Bonchev–Trinajstić information content (AvgIpc) is 2.98. The molecule has 2 aromatic heterocycles. The molecule has 18 heavy (non-hydrogen) atoms. The highest BCUT2D eigenvalue weighted by atomic mass is 16.5. The highest BCUT2D eigenvalue weighted by Crippen LogP contribution is 2.31. The second-order valence-corrected chi connectivity index (χ2v) is 4.10. The molecule has 2 aromatic rings. The molecule has 98 valence electrons. The first kappa shape index (κ1) is 12.7. The first-order valence-corrected chi connectivity index (χ1v) is 6.02. The van der Waals surface area contributed by atoms with Crippen molar-refractivity contribution in [3.8, 4) is 5.75 Å². The van der Waals surface area contributed by atoms with Gasteiger partial charge in [-0.2, -0.15) is 5.10 Å². The summed E-state index contributed by atoms with van der Waals surface area (Å²) in [7, 11) is 5.49. The number of rotatable bonds is 5. The Morgan fingerprint density at radius 3 is 2.94 bits per heavy atom. The predicted octanol–water partition coefficient (Wildman–Crippen LogP) is 1.89. The second kappa shape index (κ2) is 5.27. The Hall–Kier alpha value is -1.75. The summed E-state index contributed by atoms with van der Waals surface area (Å²) in [5.41, 5.74) is 2.12. The molecule has 0 aromatic carbocycles. The summed E-state index contributed by atoms with van der Waals surface area (Å²) in [6.45, 7) is 2.08. The van der Waals surface area contributed by atoms with Crippen molar-refractivity contribution in [1.29, 1.82) is 0 Å². The van der Waals surface area contributed by atoms with Crippen molar-refractivity contribution >= 4 is 0 Å². The van der Waals surface area contributed by atoms with E-state index in [1.807, 2.05) is 24.8 Å². The Morgan fingerprint density at radius 1 is 1.56 bits per heavy atom. The number of aromatic nitrogens is 2. The zero-order valence-corrected chi connectivity index (χ0v) is 11.2. The predicted molar refractivity (Wildman–Crippen MR) is 68.7 cm³/mol. The molecular weight excluding hydrogens is 230 g/mol. The van der Waals surface area contributed by atoms with Crippen molar-refractivity contribution in [3.05, 3.63) is 35.5 Å². The molecule has 1 unspecified atom stereocenters. The van der Waals surface area contributed by atoms with E-state index in [1.165, 1.54) is 0 Å². The standard InChI is InChI=1S/C13H19N3O2/c1-5-10-9(6-7-18-10)12(14-2)13-11(17-4)8-15-16(13)3/h6-8,12,14H,5H2,1-4H3. The van der Waals surface area contributed by atoms with Crippen LogP contribution in [-0.4, -0.2) is 23.9 Å². The Bertz CT molecular complexity index is 516. The maximum Gasteiger partial charge on any atom is 0.161 e. The summed E-state index contributed by atoms with van der Waals surface area (Å²) in [6.07, 6.45) is 4.31. The molecule has 5 nitrogen and oxygen atoms in total. The fourth-order valence-corrected chi connectivity index (χ4v) is 2.25. The van der Waals surface area contributed by atoms with E-state index in [-0.39, 0.29) is 6.04 Å². The van der Waals surface area contributed by atoms with Crippen LogP contribution in [0.15, 0.2) is 22.9 Å². The van der Waals surface area contributed by atoms with Gasteiger partial charge in [-0.05, 0) is 13.1 Å². The summed E-state index contributed by atoms with van der Waals surface area (Å²) < 4.78 is 12.7. The molecule has 0 spiro atoms. The second-order valence-electron chi connectivity index (χ2n) is 4.10. The minimum Gasteiger partial charge on any atom is -0.493 e. The lowest BCUT2D eigenvalue weighted by molar-refractivity contribution is 0.402. The molecule has 1 atom stereocenters. The van der Waals surface area contributed by atoms with Gasteiger partial charge < -0.3 is 14.5 Å². The molecule has 0 aliphatic carbocycles. The van der Waals surface area contributed by atoms with Crippen LogP contribution < -0.4 is 10.1 Å². The van der Waals surface area contributed by atoms with E-state index in [4.69, 9.17) is 9.15 Å². The van der Waals surface area contributed by atoms with Crippen LogP contribution in [0, 0.1) is 0 Å². The number of ether oxygens (including phenoxy) is 1. The maximum atomic E-state index is 5.50. The third-order valence-electron chi connectivity index (χ3n) is 3.14. The summed E-state index contributed by atoms with van der Waals surface area (Å²) in [4.78, 5) is 0. The molecule has 0 aliphatic heterocycles. The van der Waals surface area contributed by atoms with Crippen LogP contribution in [0.3, 0.4) is 0 Å². The number of hydrogen-bond acceptors (Lipinski definition) is 4. The average molecular weight is 249 g/mol. The SMILES string of the molecule is CCc1occc1C(NC)c1c(OC)cnn1C. The number of aryl methyl sites for hydroxylation is 2. The van der Waals surface area contributed by atoms with Gasteiger partial charge in [0.25, 0.3) is 0 Å². The first-order chi connectivity index (χ1) is 8.72. The molecule has 2 heterocycles. The molecule has 0 saturated carbocycles. The van der Waals surface area contributed by atoms with Gasteiger partial charge >= 0.3 is 0 Å². The summed E-state index contributed by atoms with van der Waals surface area (Å²) >= 11 is 0. The molecule has 1 N–H and O–H groups in total. The maximum absolute atomic E-state index is 5.50. The topological polar surface area (TPSA) is 52.2 Å². The molecular formula is C13H19N3O2. The quantitative estimate of drug-likeness (QED) is 0.879. The zero-order chi connectivity index (χ0) is 13.1. The van der Waals surface area contributed by atoms with Gasteiger partial charge in [0.15, 0.2) is 5.75 Å². The Morgan fingerprint density at radius 2 is 2.33 bits per heavy atom. The van der Waals surface area contributed by atoms with Gasteiger partial charge in [-0.25, -0.2) is 0 Å². The van der Waals surface area contributed by atoms with Crippen molar-refractivity contribution in [3.63, 3.8) is 0 Å². The lowest BCUT2D eigenvalue weighted by Crippen LogP contribution is -2.21. The fourth-order valence-electron chi connectivity index (χ4n) is 2.25. The monoisotopic (exact) mass is 249 g/mol. The Balaban J connectivity index is 2.48. The minimum atomic E-state index is 0.0150. The lowest BCUT2D eigenvalue weighted by Gasteiger charge is -2.18. The molecule has 0 radical (unpaired) electrons. The molecule has 0 bridgehead atoms. The van der Waals surface area contributed by atoms with E-state index >= 15 is 0 Å². The van der Waals surface area contributed by atoms with Gasteiger partial charge in [0, 0.05) is 19.0 Å². The lowest BCUT2D eigenvalue weighted by atomic mass is 10.0. The summed E-state index contributed by atoms with van der Waals surface area (Å²) in [6, 6.07) is 2.01. The van der Waals surface area contributed by atoms with Crippen molar-refractivity contribution in [2.24, 2.45) is 7.05 Å². The normalized spacial score (nSPS) is 12.7. The van der Waals surface area contributed by atoms with E-state index in [2.05, 4.69) is 17.3 Å². The number of hydrogen-bond donors (Lipinski definition) is 1. The molecule has 0 amide bonds. The van der Waals surface area contributed by atoms with Gasteiger partial charge in [0.05, 0.1) is 25.6 Å². The Kier molecular flexibility index (Phi) is 3.72. The van der Waals surface area contributed by atoms with Gasteiger partial charge in [0.2, 0.25) is 0 Å². The van der Waals surface area contributed by atoms with Crippen LogP contribution in [0.4, 0.5) is 0 Å². The van der Waals surface area contributed by atoms with Crippen molar-refractivity contribution in [2.45, 2.75) is 19.4 Å². The highest BCUT2D eigenvalue weighted by Gasteiger charge is 2.24. The molecule has 0 saturated heterocycles. The minimum absolute atomic E-state index is 0.0150. The number of nitrogens with one attached hydrogen (secondary N) is 1. The number of nitrogens with zero attached hydrogens (tertiary/aromatic N) is 2. The first-order valence-electron chi connectivity index (χ1n) is 6.02. The smallest absolute Gasteiger partial charge is 0.161 e.